The summed E-state index contributed by atoms with van der Waals surface area (Å²) >= 11 is 0. The van der Waals surface area contributed by atoms with Gasteiger partial charge in [0.05, 0.1) is 6.54 Å². The van der Waals surface area contributed by atoms with Gasteiger partial charge in [-0.2, -0.15) is 13.2 Å². The molecular weight excluding hydrogens is 253 g/mol. The van der Waals surface area contributed by atoms with E-state index in [1.807, 2.05) is 0 Å². The number of nitrogens with one attached hydrogen (secondary N) is 1. The zero-order chi connectivity index (χ0) is 13.9. The van der Waals surface area contributed by atoms with Gasteiger partial charge in [-0.3, -0.25) is 4.90 Å². The van der Waals surface area contributed by atoms with E-state index in [1.165, 1.54) is 25.7 Å². The van der Waals surface area contributed by atoms with Crippen molar-refractivity contribution in [2.75, 3.05) is 19.6 Å². The summed E-state index contributed by atoms with van der Waals surface area (Å²) in [6.07, 6.45) is 2.67. The second-order valence-corrected chi connectivity index (χ2v) is 6.24. The Morgan fingerprint density at radius 2 is 1.89 bits per heavy atom. The standard InChI is InChI=1S/C14H25F3N2/c1-11-3-2-4-12(9-11)18-7-8-19(13-5-6-13)10-14(15,16)17/h11-13,18H,2-10H2,1H3. The van der Waals surface area contributed by atoms with E-state index in [1.54, 1.807) is 4.90 Å². The zero-order valence-electron chi connectivity index (χ0n) is 11.7. The molecule has 2 atom stereocenters. The summed E-state index contributed by atoms with van der Waals surface area (Å²) in [6, 6.07) is 0.685. The third-order valence-corrected chi connectivity index (χ3v) is 4.21. The third kappa shape index (κ3) is 5.69. The molecule has 2 nitrogen and oxygen atoms in total. The first kappa shape index (κ1) is 15.1. The predicted octanol–water partition coefficient (Wildman–Crippen LogP) is 3.18. The molecule has 0 aliphatic heterocycles. The fourth-order valence-electron chi connectivity index (χ4n) is 3.09. The first-order valence-corrected chi connectivity index (χ1v) is 7.48. The highest BCUT2D eigenvalue weighted by molar-refractivity contribution is 4.86. The van der Waals surface area contributed by atoms with Crippen LogP contribution in [0.15, 0.2) is 0 Å². The van der Waals surface area contributed by atoms with E-state index in [0.717, 1.165) is 18.8 Å². The van der Waals surface area contributed by atoms with E-state index in [9.17, 15) is 13.2 Å². The molecule has 0 radical (unpaired) electrons. The quantitative estimate of drug-likeness (QED) is 0.803. The second-order valence-electron chi connectivity index (χ2n) is 6.24. The van der Waals surface area contributed by atoms with E-state index in [2.05, 4.69) is 12.2 Å². The highest BCUT2D eigenvalue weighted by Crippen LogP contribution is 2.29. The van der Waals surface area contributed by atoms with Crippen LogP contribution >= 0.6 is 0 Å². The number of halogens is 3. The van der Waals surface area contributed by atoms with Crippen LogP contribution in [0, 0.1) is 5.92 Å². The van der Waals surface area contributed by atoms with Gasteiger partial charge in [0.2, 0.25) is 0 Å². The first-order chi connectivity index (χ1) is 8.94. The van der Waals surface area contributed by atoms with Gasteiger partial charge >= 0.3 is 6.18 Å². The summed E-state index contributed by atoms with van der Waals surface area (Å²) in [5.74, 6) is 0.751. The summed E-state index contributed by atoms with van der Waals surface area (Å²) in [4.78, 5) is 1.60. The van der Waals surface area contributed by atoms with Crippen molar-refractivity contribution >= 4 is 0 Å². The van der Waals surface area contributed by atoms with E-state index >= 15 is 0 Å². The van der Waals surface area contributed by atoms with Crippen LogP contribution in [0.5, 0.6) is 0 Å². The molecule has 2 unspecified atom stereocenters. The lowest BCUT2D eigenvalue weighted by atomic mass is 9.87. The van der Waals surface area contributed by atoms with Gasteiger partial charge in [-0.15, -0.1) is 0 Å². The Hall–Kier alpha value is -0.290. The minimum absolute atomic E-state index is 0.175. The molecule has 0 heterocycles. The van der Waals surface area contributed by atoms with E-state index < -0.39 is 12.7 Å². The molecule has 2 aliphatic carbocycles. The van der Waals surface area contributed by atoms with Crippen LogP contribution in [-0.4, -0.2) is 42.8 Å². The monoisotopic (exact) mass is 278 g/mol. The van der Waals surface area contributed by atoms with Gasteiger partial charge in [0.15, 0.2) is 0 Å². The fourth-order valence-corrected chi connectivity index (χ4v) is 3.09. The molecule has 0 saturated heterocycles. The minimum atomic E-state index is -4.07. The highest BCUT2D eigenvalue weighted by atomic mass is 19.4. The lowest BCUT2D eigenvalue weighted by Crippen LogP contribution is -2.43. The molecule has 1 N–H and O–H groups in total. The summed E-state index contributed by atoms with van der Waals surface area (Å²) in [5.41, 5.74) is 0. The van der Waals surface area contributed by atoms with Crippen molar-refractivity contribution in [3.8, 4) is 0 Å². The van der Waals surface area contributed by atoms with E-state index in [0.29, 0.717) is 19.1 Å². The fraction of sp³-hybridized carbons (Fsp3) is 1.00. The normalized spacial score (nSPS) is 28.9. The lowest BCUT2D eigenvalue weighted by molar-refractivity contribution is -0.147. The van der Waals surface area contributed by atoms with Crippen molar-refractivity contribution in [1.82, 2.24) is 10.2 Å². The Kier molecular flexibility index (Phi) is 5.12. The van der Waals surface area contributed by atoms with Crippen molar-refractivity contribution in [3.05, 3.63) is 0 Å². The van der Waals surface area contributed by atoms with Gasteiger partial charge in [-0.25, -0.2) is 0 Å². The van der Waals surface area contributed by atoms with Crippen LogP contribution < -0.4 is 5.32 Å². The lowest BCUT2D eigenvalue weighted by Gasteiger charge is -2.29. The number of alkyl halides is 3. The van der Waals surface area contributed by atoms with Crippen molar-refractivity contribution < 1.29 is 13.2 Å². The summed E-state index contributed by atoms with van der Waals surface area (Å²) in [6.45, 7) is 2.72. The molecule has 2 rings (SSSR count). The maximum atomic E-state index is 12.5. The molecule has 0 aromatic heterocycles. The van der Waals surface area contributed by atoms with Crippen LogP contribution in [0.2, 0.25) is 0 Å². The molecule has 0 aromatic rings. The molecule has 2 fully saturated rings. The Morgan fingerprint density at radius 1 is 1.16 bits per heavy atom. The molecular formula is C14H25F3N2. The molecule has 2 aliphatic rings. The van der Waals surface area contributed by atoms with Crippen LogP contribution in [0.25, 0.3) is 0 Å². The van der Waals surface area contributed by atoms with Crippen LogP contribution in [0.1, 0.15) is 45.4 Å². The molecule has 112 valence electrons. The van der Waals surface area contributed by atoms with Gasteiger partial charge in [-0.1, -0.05) is 19.8 Å². The van der Waals surface area contributed by atoms with Crippen LogP contribution in [0.4, 0.5) is 13.2 Å². The number of nitrogens with zero attached hydrogens (tertiary/aromatic N) is 1. The Bertz CT molecular complexity index is 276. The van der Waals surface area contributed by atoms with Crippen LogP contribution in [-0.2, 0) is 0 Å². The summed E-state index contributed by atoms with van der Waals surface area (Å²) < 4.78 is 37.4. The minimum Gasteiger partial charge on any atom is -0.313 e. The van der Waals surface area contributed by atoms with Gasteiger partial charge < -0.3 is 5.32 Å². The average Bonchev–Trinajstić information content (AvgIpc) is 3.10. The average molecular weight is 278 g/mol. The van der Waals surface area contributed by atoms with Gasteiger partial charge in [0.1, 0.15) is 0 Å². The maximum absolute atomic E-state index is 12.5. The van der Waals surface area contributed by atoms with Gasteiger partial charge in [0, 0.05) is 25.2 Å². The molecule has 0 spiro atoms. The molecule has 0 aromatic carbocycles. The van der Waals surface area contributed by atoms with Gasteiger partial charge in [0.25, 0.3) is 0 Å². The summed E-state index contributed by atoms with van der Waals surface area (Å²) in [5, 5.41) is 3.44. The Labute approximate surface area is 113 Å². The van der Waals surface area contributed by atoms with Crippen molar-refractivity contribution in [2.24, 2.45) is 5.92 Å². The topological polar surface area (TPSA) is 15.3 Å². The first-order valence-electron chi connectivity index (χ1n) is 7.48. The van der Waals surface area contributed by atoms with E-state index in [-0.39, 0.29) is 6.04 Å². The molecule has 0 bridgehead atoms. The highest BCUT2D eigenvalue weighted by Gasteiger charge is 2.37. The predicted molar refractivity (Wildman–Crippen MR) is 70.1 cm³/mol. The molecule has 0 amide bonds. The Balaban J connectivity index is 1.67. The number of hydrogen-bond donors (Lipinski definition) is 1. The van der Waals surface area contributed by atoms with Crippen molar-refractivity contribution in [3.63, 3.8) is 0 Å². The largest absolute Gasteiger partial charge is 0.401 e. The maximum Gasteiger partial charge on any atom is 0.401 e. The Morgan fingerprint density at radius 3 is 2.47 bits per heavy atom. The smallest absolute Gasteiger partial charge is 0.313 e. The van der Waals surface area contributed by atoms with Crippen molar-refractivity contribution in [2.45, 2.75) is 63.7 Å². The SMILES string of the molecule is CC1CCCC(NCCN(CC(F)(F)F)C2CC2)C1. The molecule has 2 saturated carbocycles. The molecule has 19 heavy (non-hydrogen) atoms. The second kappa shape index (κ2) is 6.44. The molecule has 5 heteroatoms. The zero-order valence-corrected chi connectivity index (χ0v) is 11.7. The summed E-state index contributed by atoms with van der Waals surface area (Å²) in [7, 11) is 0. The number of hydrogen-bond acceptors (Lipinski definition) is 2. The van der Waals surface area contributed by atoms with Gasteiger partial charge in [-0.05, 0) is 31.6 Å². The van der Waals surface area contributed by atoms with Crippen LogP contribution in [0.3, 0.4) is 0 Å². The third-order valence-electron chi connectivity index (χ3n) is 4.21. The van der Waals surface area contributed by atoms with E-state index in [4.69, 9.17) is 0 Å². The number of rotatable bonds is 6. The van der Waals surface area contributed by atoms with Crippen molar-refractivity contribution in [1.29, 1.82) is 0 Å².